The van der Waals surface area contributed by atoms with Gasteiger partial charge in [0, 0.05) is 26.7 Å². The molecule has 1 N–H and O–H groups in total. The second-order valence-corrected chi connectivity index (χ2v) is 4.19. The Kier molecular flexibility index (Phi) is 5.65. The second kappa shape index (κ2) is 6.80. The van der Waals surface area contributed by atoms with Crippen molar-refractivity contribution in [2.24, 2.45) is 0 Å². The van der Waals surface area contributed by atoms with Crippen molar-refractivity contribution in [2.45, 2.75) is 19.8 Å². The van der Waals surface area contributed by atoms with E-state index in [1.54, 1.807) is 0 Å². The van der Waals surface area contributed by atoms with Gasteiger partial charge in [-0.1, -0.05) is 6.92 Å². The first-order chi connectivity index (χ1) is 7.24. The monoisotopic (exact) mass is 213 g/mol. The minimum Gasteiger partial charge on any atom is -0.345 e. The lowest BCUT2D eigenvalue weighted by molar-refractivity contribution is -0.131. The number of likely N-dealkylation sites (N-methyl/N-ethyl adjacent to an activating group) is 1. The van der Waals surface area contributed by atoms with Crippen LogP contribution in [0.2, 0.25) is 0 Å². The highest BCUT2D eigenvalue weighted by molar-refractivity contribution is 5.77. The van der Waals surface area contributed by atoms with Gasteiger partial charge in [-0.15, -0.1) is 0 Å². The molecule has 0 spiro atoms. The molecule has 0 aromatic rings. The predicted molar refractivity (Wildman–Crippen MR) is 61.9 cm³/mol. The fraction of sp³-hybridized carbons (Fsp3) is 0.909. The maximum absolute atomic E-state index is 11.8. The molecule has 4 nitrogen and oxygen atoms in total. The minimum absolute atomic E-state index is 0.249. The molecule has 0 atom stereocenters. The molecular formula is C11H23N3O. The summed E-state index contributed by atoms with van der Waals surface area (Å²) in [5, 5.41) is 3.34. The Morgan fingerprint density at radius 3 is 2.93 bits per heavy atom. The Labute approximate surface area is 92.6 Å². The summed E-state index contributed by atoms with van der Waals surface area (Å²) in [6.07, 6.45) is 2.18. The third-order valence-corrected chi connectivity index (χ3v) is 2.78. The summed E-state index contributed by atoms with van der Waals surface area (Å²) in [5.41, 5.74) is 0. The van der Waals surface area contributed by atoms with Gasteiger partial charge in [0.05, 0.1) is 6.54 Å². The molecule has 1 rings (SSSR count). The van der Waals surface area contributed by atoms with Gasteiger partial charge in [-0.25, -0.2) is 0 Å². The van der Waals surface area contributed by atoms with Crippen LogP contribution >= 0.6 is 0 Å². The van der Waals surface area contributed by atoms with Crippen molar-refractivity contribution in [2.75, 3.05) is 46.3 Å². The van der Waals surface area contributed by atoms with Crippen LogP contribution in [0.4, 0.5) is 0 Å². The van der Waals surface area contributed by atoms with E-state index in [1.807, 2.05) is 11.9 Å². The first-order valence-electron chi connectivity index (χ1n) is 5.91. The van der Waals surface area contributed by atoms with E-state index in [0.29, 0.717) is 6.54 Å². The molecule has 1 saturated heterocycles. The van der Waals surface area contributed by atoms with Gasteiger partial charge in [0.2, 0.25) is 5.91 Å². The number of rotatable bonds is 4. The van der Waals surface area contributed by atoms with E-state index < -0.39 is 0 Å². The average molecular weight is 213 g/mol. The molecule has 0 aliphatic carbocycles. The van der Waals surface area contributed by atoms with Gasteiger partial charge in [-0.3, -0.25) is 9.69 Å². The summed E-state index contributed by atoms with van der Waals surface area (Å²) in [6.45, 7) is 7.66. The number of amides is 1. The first kappa shape index (κ1) is 12.5. The minimum atomic E-state index is 0.249. The second-order valence-electron chi connectivity index (χ2n) is 4.19. The van der Waals surface area contributed by atoms with Gasteiger partial charge in [-0.2, -0.15) is 0 Å². The van der Waals surface area contributed by atoms with E-state index in [4.69, 9.17) is 0 Å². The Bertz CT molecular complexity index is 188. The smallest absolute Gasteiger partial charge is 0.236 e. The topological polar surface area (TPSA) is 35.6 Å². The molecule has 0 bridgehead atoms. The SMILES string of the molecule is CCCN(C)C(=O)CN1CCCNCC1. The van der Waals surface area contributed by atoms with Crippen molar-refractivity contribution in [3.05, 3.63) is 0 Å². The number of carbonyl (C=O) groups is 1. The number of hydrogen-bond donors (Lipinski definition) is 1. The van der Waals surface area contributed by atoms with Crippen molar-refractivity contribution >= 4 is 5.91 Å². The molecule has 1 heterocycles. The van der Waals surface area contributed by atoms with E-state index in [2.05, 4.69) is 17.1 Å². The molecule has 15 heavy (non-hydrogen) atoms. The predicted octanol–water partition coefficient (Wildman–Crippen LogP) is 0.150. The Balaban J connectivity index is 2.28. The fourth-order valence-corrected chi connectivity index (χ4v) is 1.83. The Morgan fingerprint density at radius 2 is 2.20 bits per heavy atom. The van der Waals surface area contributed by atoms with Crippen LogP contribution in [0, 0.1) is 0 Å². The van der Waals surface area contributed by atoms with Crippen molar-refractivity contribution in [1.82, 2.24) is 15.1 Å². The largest absolute Gasteiger partial charge is 0.345 e. The van der Waals surface area contributed by atoms with Crippen LogP contribution in [0.1, 0.15) is 19.8 Å². The molecule has 0 radical (unpaired) electrons. The van der Waals surface area contributed by atoms with Crippen LogP contribution in [0.5, 0.6) is 0 Å². The van der Waals surface area contributed by atoms with Gasteiger partial charge >= 0.3 is 0 Å². The summed E-state index contributed by atoms with van der Waals surface area (Å²) in [4.78, 5) is 15.9. The highest BCUT2D eigenvalue weighted by Gasteiger charge is 2.14. The number of carbonyl (C=O) groups excluding carboxylic acids is 1. The van der Waals surface area contributed by atoms with Crippen molar-refractivity contribution < 1.29 is 4.79 Å². The summed E-state index contributed by atoms with van der Waals surface area (Å²) < 4.78 is 0. The standard InChI is InChI=1S/C11H23N3O/c1-3-7-13(2)11(15)10-14-8-4-5-12-6-9-14/h12H,3-10H2,1-2H3. The molecule has 4 heteroatoms. The fourth-order valence-electron chi connectivity index (χ4n) is 1.83. The highest BCUT2D eigenvalue weighted by atomic mass is 16.2. The van der Waals surface area contributed by atoms with Crippen LogP contribution in [-0.2, 0) is 4.79 Å². The molecule has 0 unspecified atom stereocenters. The van der Waals surface area contributed by atoms with Gasteiger partial charge in [0.1, 0.15) is 0 Å². The summed E-state index contributed by atoms with van der Waals surface area (Å²) >= 11 is 0. The van der Waals surface area contributed by atoms with E-state index in [9.17, 15) is 4.79 Å². The van der Waals surface area contributed by atoms with E-state index >= 15 is 0 Å². The summed E-state index contributed by atoms with van der Waals surface area (Å²) in [5.74, 6) is 0.249. The Hall–Kier alpha value is -0.610. The number of nitrogens with one attached hydrogen (secondary N) is 1. The molecule has 0 aromatic heterocycles. The molecule has 1 aliphatic rings. The quantitative estimate of drug-likeness (QED) is 0.722. The molecular weight excluding hydrogens is 190 g/mol. The Morgan fingerprint density at radius 1 is 1.40 bits per heavy atom. The molecule has 1 fully saturated rings. The summed E-state index contributed by atoms with van der Waals surface area (Å²) in [7, 11) is 1.89. The molecule has 88 valence electrons. The van der Waals surface area contributed by atoms with Crippen LogP contribution in [0.3, 0.4) is 0 Å². The molecule has 0 saturated carbocycles. The van der Waals surface area contributed by atoms with Crippen LogP contribution in [-0.4, -0.2) is 62.0 Å². The van der Waals surface area contributed by atoms with E-state index in [-0.39, 0.29) is 5.91 Å². The third kappa shape index (κ3) is 4.62. The molecule has 1 aliphatic heterocycles. The van der Waals surface area contributed by atoms with E-state index in [0.717, 1.165) is 45.6 Å². The van der Waals surface area contributed by atoms with Crippen LogP contribution in [0.25, 0.3) is 0 Å². The summed E-state index contributed by atoms with van der Waals surface area (Å²) in [6, 6.07) is 0. The maximum Gasteiger partial charge on any atom is 0.236 e. The van der Waals surface area contributed by atoms with Crippen molar-refractivity contribution in [1.29, 1.82) is 0 Å². The maximum atomic E-state index is 11.8. The average Bonchev–Trinajstić information content (AvgIpc) is 2.46. The number of nitrogens with zero attached hydrogens (tertiary/aromatic N) is 2. The zero-order valence-corrected chi connectivity index (χ0v) is 9.96. The van der Waals surface area contributed by atoms with Crippen molar-refractivity contribution in [3.63, 3.8) is 0 Å². The van der Waals surface area contributed by atoms with Crippen LogP contribution < -0.4 is 5.32 Å². The van der Waals surface area contributed by atoms with Gasteiger partial charge in [0.25, 0.3) is 0 Å². The molecule has 0 aromatic carbocycles. The zero-order chi connectivity index (χ0) is 11.1. The lowest BCUT2D eigenvalue weighted by atomic mass is 10.3. The van der Waals surface area contributed by atoms with Gasteiger partial charge in [-0.05, 0) is 25.9 Å². The van der Waals surface area contributed by atoms with E-state index in [1.165, 1.54) is 0 Å². The molecule has 1 amide bonds. The third-order valence-electron chi connectivity index (χ3n) is 2.78. The zero-order valence-electron chi connectivity index (χ0n) is 9.96. The highest BCUT2D eigenvalue weighted by Crippen LogP contribution is 1.97. The number of hydrogen-bond acceptors (Lipinski definition) is 3. The lowest BCUT2D eigenvalue weighted by Crippen LogP contribution is -2.40. The first-order valence-corrected chi connectivity index (χ1v) is 5.91. The van der Waals surface area contributed by atoms with Gasteiger partial charge < -0.3 is 10.2 Å². The van der Waals surface area contributed by atoms with Crippen molar-refractivity contribution in [3.8, 4) is 0 Å². The van der Waals surface area contributed by atoms with Crippen LogP contribution in [0.15, 0.2) is 0 Å². The lowest BCUT2D eigenvalue weighted by Gasteiger charge is -2.23. The normalized spacial score (nSPS) is 18.5. The van der Waals surface area contributed by atoms with Gasteiger partial charge in [0.15, 0.2) is 0 Å².